The molecule has 0 N–H and O–H groups in total. The molecule has 0 aromatic heterocycles. The van der Waals surface area contributed by atoms with Crippen molar-refractivity contribution in [2.24, 2.45) is 0 Å². The normalized spacial score (nSPS) is 12.4. The second kappa shape index (κ2) is 5.32. The molecule has 0 unspecified atom stereocenters. The fourth-order valence-electron chi connectivity index (χ4n) is 2.38. The maximum atomic E-state index is 8.98. The monoisotopic (exact) mass is 274 g/mol. The zero-order chi connectivity index (χ0) is 14.8. The van der Waals surface area contributed by atoms with Crippen LogP contribution in [0.25, 0.3) is 4.85 Å². The first-order valence-corrected chi connectivity index (χ1v) is 6.54. The first-order chi connectivity index (χ1) is 10.2. The van der Waals surface area contributed by atoms with Gasteiger partial charge >= 0.3 is 6.92 Å². The van der Waals surface area contributed by atoms with Crippen molar-refractivity contribution >= 4 is 18.1 Å². The number of hydrogen-bond donors (Lipinski definition) is 0. The van der Waals surface area contributed by atoms with Crippen LogP contribution < -0.4 is 10.2 Å². The summed E-state index contributed by atoms with van der Waals surface area (Å²) in [6, 6.07) is 12.6. The van der Waals surface area contributed by atoms with E-state index >= 15 is 0 Å². The molecule has 0 spiro atoms. The van der Waals surface area contributed by atoms with Crippen LogP contribution in [-0.4, -0.2) is 6.92 Å². The number of nitrogens with zero attached hydrogens (tertiary/aromatic N) is 2. The maximum absolute atomic E-state index is 8.98. The third-order valence-corrected chi connectivity index (χ3v) is 3.43. The largest absolute Gasteiger partial charge is 0.459 e. The number of ether oxygens (including phenoxy) is 1. The molecule has 0 saturated heterocycles. The predicted molar refractivity (Wildman–Crippen MR) is 80.0 cm³/mol. The Morgan fingerprint density at radius 1 is 1.29 bits per heavy atom. The Balaban J connectivity index is 1.91. The summed E-state index contributed by atoms with van der Waals surface area (Å²) >= 11 is 0. The average molecular weight is 274 g/mol. The van der Waals surface area contributed by atoms with Crippen LogP contribution in [-0.2, 0) is 11.3 Å². The van der Waals surface area contributed by atoms with Gasteiger partial charge in [-0.15, -0.1) is 0 Å². The molecule has 1 aliphatic heterocycles. The van der Waals surface area contributed by atoms with Crippen molar-refractivity contribution in [1.82, 2.24) is 0 Å². The Morgan fingerprint density at radius 2 is 2.14 bits per heavy atom. The van der Waals surface area contributed by atoms with Crippen molar-refractivity contribution in [3.05, 3.63) is 58.9 Å². The van der Waals surface area contributed by atoms with Crippen LogP contribution >= 0.6 is 0 Å². The lowest BCUT2D eigenvalue weighted by Gasteiger charge is -2.08. The van der Waals surface area contributed by atoms with Gasteiger partial charge in [-0.25, -0.2) is 4.85 Å². The molecule has 0 radical (unpaired) electrons. The van der Waals surface area contributed by atoms with E-state index in [0.29, 0.717) is 29.4 Å². The maximum Gasteiger partial charge on any atom is 0.324 e. The van der Waals surface area contributed by atoms with Gasteiger partial charge in [-0.2, -0.15) is 5.26 Å². The van der Waals surface area contributed by atoms with E-state index in [0.717, 1.165) is 5.56 Å². The summed E-state index contributed by atoms with van der Waals surface area (Å²) in [6.07, 6.45) is 0. The summed E-state index contributed by atoms with van der Waals surface area (Å²) in [5.41, 5.74) is 3.09. The van der Waals surface area contributed by atoms with Crippen molar-refractivity contribution in [2.45, 2.75) is 13.4 Å². The van der Waals surface area contributed by atoms with E-state index < -0.39 is 0 Å². The van der Waals surface area contributed by atoms with Gasteiger partial charge in [0.25, 0.3) is 0 Å². The molecule has 0 amide bonds. The van der Waals surface area contributed by atoms with Gasteiger partial charge in [0, 0.05) is 5.56 Å². The van der Waals surface area contributed by atoms with E-state index in [-0.39, 0.29) is 6.92 Å². The minimum Gasteiger partial charge on any atom is -0.459 e. The Labute approximate surface area is 123 Å². The van der Waals surface area contributed by atoms with Crippen molar-refractivity contribution in [3.63, 3.8) is 0 Å². The number of nitriles is 1. The highest BCUT2D eigenvalue weighted by Crippen LogP contribution is 2.28. The van der Waals surface area contributed by atoms with Gasteiger partial charge in [0.05, 0.1) is 19.2 Å². The molecule has 1 heterocycles. The molecular weight excluding hydrogens is 263 g/mol. The first-order valence-electron chi connectivity index (χ1n) is 6.54. The van der Waals surface area contributed by atoms with Crippen LogP contribution in [0.15, 0.2) is 36.4 Å². The van der Waals surface area contributed by atoms with Crippen LogP contribution in [0.5, 0.6) is 11.5 Å². The molecule has 21 heavy (non-hydrogen) atoms. The minimum absolute atomic E-state index is 0.115. The highest BCUT2D eigenvalue weighted by Gasteiger charge is 2.23. The average Bonchev–Trinajstić information content (AvgIpc) is 2.87. The van der Waals surface area contributed by atoms with Gasteiger partial charge in [-0.3, -0.25) is 0 Å². The van der Waals surface area contributed by atoms with Gasteiger partial charge in [0.1, 0.15) is 11.5 Å². The fraction of sp³-hybridized carbons (Fsp3) is 0.125. The van der Waals surface area contributed by atoms with Gasteiger partial charge in [-0.05, 0) is 41.4 Å². The third kappa shape index (κ3) is 2.60. The van der Waals surface area contributed by atoms with Crippen molar-refractivity contribution < 1.29 is 9.39 Å². The van der Waals surface area contributed by atoms with Gasteiger partial charge in [0.15, 0.2) is 5.69 Å². The molecule has 3 rings (SSSR count). The van der Waals surface area contributed by atoms with Crippen molar-refractivity contribution in [1.29, 1.82) is 5.26 Å². The molecule has 1 aliphatic rings. The van der Waals surface area contributed by atoms with Crippen LogP contribution in [0.1, 0.15) is 11.1 Å². The van der Waals surface area contributed by atoms with Crippen LogP contribution in [0, 0.1) is 17.9 Å². The molecule has 4 nitrogen and oxygen atoms in total. The van der Waals surface area contributed by atoms with E-state index in [1.54, 1.807) is 12.1 Å². The minimum atomic E-state index is 0.115. The summed E-state index contributed by atoms with van der Waals surface area (Å²) in [5.74, 6) is 1.17. The van der Waals surface area contributed by atoms with Crippen molar-refractivity contribution in [2.75, 3.05) is 0 Å². The van der Waals surface area contributed by atoms with E-state index in [4.69, 9.17) is 21.2 Å². The SMILES string of the molecule is [C-]#[N+]c1cc(C#N)cc(Oc2ccc3c(c2)COB3C)c1. The van der Waals surface area contributed by atoms with E-state index in [2.05, 4.69) is 4.85 Å². The molecule has 2 aromatic carbocycles. The molecule has 2 aromatic rings. The quantitative estimate of drug-likeness (QED) is 0.623. The summed E-state index contributed by atoms with van der Waals surface area (Å²) in [4.78, 5) is 3.35. The fourth-order valence-corrected chi connectivity index (χ4v) is 2.38. The van der Waals surface area contributed by atoms with Crippen LogP contribution in [0.4, 0.5) is 5.69 Å². The zero-order valence-corrected chi connectivity index (χ0v) is 11.5. The predicted octanol–water partition coefficient (Wildman–Crippen LogP) is 3.26. The molecule has 0 atom stereocenters. The highest BCUT2D eigenvalue weighted by atomic mass is 16.5. The van der Waals surface area contributed by atoms with E-state index in [1.807, 2.05) is 31.1 Å². The molecule has 0 bridgehead atoms. The molecule has 0 fully saturated rings. The third-order valence-electron chi connectivity index (χ3n) is 3.43. The van der Waals surface area contributed by atoms with Crippen LogP contribution in [0.3, 0.4) is 0 Å². The molecule has 0 saturated carbocycles. The summed E-state index contributed by atoms with van der Waals surface area (Å²) < 4.78 is 11.3. The number of fused-ring (bicyclic) bond motifs is 1. The number of rotatable bonds is 2. The number of hydrogen-bond acceptors (Lipinski definition) is 3. The van der Waals surface area contributed by atoms with Gasteiger partial charge < -0.3 is 9.39 Å². The van der Waals surface area contributed by atoms with E-state index in [9.17, 15) is 0 Å². The molecule has 5 heteroatoms. The molecule has 0 aliphatic carbocycles. The number of benzene rings is 2. The van der Waals surface area contributed by atoms with Gasteiger partial charge in [0.2, 0.25) is 0 Å². The molecular formula is C16H11BN2O2. The smallest absolute Gasteiger partial charge is 0.324 e. The lowest BCUT2D eigenvalue weighted by Crippen LogP contribution is -2.23. The van der Waals surface area contributed by atoms with Gasteiger partial charge in [-0.1, -0.05) is 12.9 Å². The lowest BCUT2D eigenvalue weighted by molar-refractivity contribution is 0.333. The summed E-state index contributed by atoms with van der Waals surface area (Å²) in [6.45, 7) is 9.77. The standard InChI is InChI=1S/C16H11BN2O2/c1-17-16-4-3-14(7-12(16)10-20-17)21-15-6-11(9-18)5-13(8-15)19-2/h3-8H,10H2,1H3. The summed E-state index contributed by atoms with van der Waals surface area (Å²) in [5, 5.41) is 8.98. The Kier molecular flexibility index (Phi) is 3.35. The van der Waals surface area contributed by atoms with Crippen LogP contribution in [0.2, 0.25) is 6.82 Å². The molecule has 100 valence electrons. The Bertz CT molecular complexity index is 758. The Morgan fingerprint density at radius 3 is 2.90 bits per heavy atom. The summed E-state index contributed by atoms with van der Waals surface area (Å²) in [7, 11) is 0. The first kappa shape index (κ1) is 13.2. The van der Waals surface area contributed by atoms with Crippen molar-refractivity contribution in [3.8, 4) is 17.6 Å². The zero-order valence-electron chi connectivity index (χ0n) is 11.5. The second-order valence-corrected chi connectivity index (χ2v) is 4.86. The Hall–Kier alpha value is -2.76. The highest BCUT2D eigenvalue weighted by molar-refractivity contribution is 6.67. The lowest BCUT2D eigenvalue weighted by atomic mass is 9.64. The van der Waals surface area contributed by atoms with E-state index in [1.165, 1.54) is 11.5 Å². The second-order valence-electron chi connectivity index (χ2n) is 4.86. The topological polar surface area (TPSA) is 46.6 Å².